The summed E-state index contributed by atoms with van der Waals surface area (Å²) in [5, 5.41) is 0. The number of nitrogens with one attached hydrogen (secondary N) is 1. The van der Waals surface area contributed by atoms with Crippen LogP contribution < -0.4 is 11.3 Å². The van der Waals surface area contributed by atoms with Crippen molar-refractivity contribution in [3.8, 4) is 0 Å². The van der Waals surface area contributed by atoms with Crippen LogP contribution in [0, 0.1) is 6.92 Å². The molecule has 1 aromatic heterocycles. The Bertz CT molecular complexity index is 305. The molecule has 0 aliphatic heterocycles. The fraction of sp³-hybridized carbons (Fsp3) is 0.167. The van der Waals surface area contributed by atoms with E-state index in [0.717, 1.165) is 10.0 Å². The molecule has 54 valence electrons. The lowest BCUT2D eigenvalue weighted by molar-refractivity contribution is 1.20. The largest absolute Gasteiger partial charge is 0.394 e. The maximum atomic E-state index is 10.8. The molecule has 0 amide bonds. The van der Waals surface area contributed by atoms with E-state index < -0.39 is 0 Å². The molecule has 0 saturated carbocycles. The van der Waals surface area contributed by atoms with Crippen LogP contribution in [0.2, 0.25) is 0 Å². The fourth-order valence-corrected chi connectivity index (χ4v) is 0.942. The van der Waals surface area contributed by atoms with Gasteiger partial charge in [0.05, 0.1) is 0 Å². The minimum Gasteiger partial charge on any atom is -0.394 e. The summed E-state index contributed by atoms with van der Waals surface area (Å²) in [5.41, 5.74) is 6.23. The smallest absolute Gasteiger partial charge is 0.271 e. The molecule has 0 aromatic carbocycles. The number of H-pyrrole nitrogens is 1. The Morgan fingerprint density at radius 2 is 2.30 bits per heavy atom. The molecule has 0 spiro atoms. The molecule has 0 bridgehead atoms. The lowest BCUT2D eigenvalue weighted by atomic mass is 10.3. The maximum absolute atomic E-state index is 10.8. The summed E-state index contributed by atoms with van der Waals surface area (Å²) in [7, 11) is 0. The number of aromatic amines is 1. The van der Waals surface area contributed by atoms with Crippen molar-refractivity contribution in [1.29, 1.82) is 0 Å². The van der Waals surface area contributed by atoms with Crippen LogP contribution in [0.25, 0.3) is 0 Å². The van der Waals surface area contributed by atoms with Crippen LogP contribution in [-0.2, 0) is 0 Å². The zero-order valence-corrected chi connectivity index (χ0v) is 7.03. The monoisotopic (exact) mass is 202 g/mol. The van der Waals surface area contributed by atoms with E-state index in [2.05, 4.69) is 20.9 Å². The number of halogens is 1. The van der Waals surface area contributed by atoms with Gasteiger partial charge in [0.25, 0.3) is 5.56 Å². The third kappa shape index (κ3) is 1.07. The third-order valence-corrected chi connectivity index (χ3v) is 2.16. The number of hydrogen-bond donors (Lipinski definition) is 2. The van der Waals surface area contributed by atoms with Crippen molar-refractivity contribution in [2.45, 2.75) is 6.92 Å². The number of nitrogen functional groups attached to an aromatic ring is 1. The lowest BCUT2D eigenvalue weighted by Crippen LogP contribution is -2.12. The first-order valence-electron chi connectivity index (χ1n) is 2.76. The molecule has 10 heavy (non-hydrogen) atoms. The zero-order valence-electron chi connectivity index (χ0n) is 5.44. The van der Waals surface area contributed by atoms with Crippen LogP contribution in [-0.4, -0.2) is 4.98 Å². The standard InChI is InChI=1S/C6H7BrN2O/c1-3-4(7)2-9-6(10)5(3)8/h2H,8H2,1H3,(H,9,10). The Labute approximate surface area is 66.4 Å². The highest BCUT2D eigenvalue weighted by atomic mass is 79.9. The van der Waals surface area contributed by atoms with E-state index in [1.54, 1.807) is 13.1 Å². The maximum Gasteiger partial charge on any atom is 0.271 e. The SMILES string of the molecule is Cc1c(Br)c[nH]c(=O)c1N. The highest BCUT2D eigenvalue weighted by molar-refractivity contribution is 9.10. The number of aromatic nitrogens is 1. The van der Waals surface area contributed by atoms with Crippen molar-refractivity contribution >= 4 is 21.6 Å². The Hall–Kier alpha value is -0.770. The summed E-state index contributed by atoms with van der Waals surface area (Å²) in [6.45, 7) is 1.79. The molecule has 1 heterocycles. The highest BCUT2D eigenvalue weighted by Gasteiger charge is 2.00. The van der Waals surface area contributed by atoms with Gasteiger partial charge in [0.2, 0.25) is 0 Å². The van der Waals surface area contributed by atoms with Crippen LogP contribution in [0.3, 0.4) is 0 Å². The predicted octanol–water partition coefficient (Wildman–Crippen LogP) is 1.03. The molecular formula is C6H7BrN2O. The van der Waals surface area contributed by atoms with Gasteiger partial charge >= 0.3 is 0 Å². The molecule has 0 aliphatic rings. The molecule has 1 aromatic rings. The molecule has 0 unspecified atom stereocenters. The Morgan fingerprint density at radius 1 is 1.70 bits per heavy atom. The van der Waals surface area contributed by atoms with Gasteiger partial charge in [-0.1, -0.05) is 0 Å². The van der Waals surface area contributed by atoms with Crippen molar-refractivity contribution in [2.24, 2.45) is 0 Å². The number of rotatable bonds is 0. The summed E-state index contributed by atoms with van der Waals surface area (Å²) < 4.78 is 0.824. The zero-order chi connectivity index (χ0) is 7.72. The molecule has 3 nitrogen and oxygen atoms in total. The average molecular weight is 203 g/mol. The van der Waals surface area contributed by atoms with E-state index in [-0.39, 0.29) is 11.2 Å². The van der Waals surface area contributed by atoms with E-state index in [0.29, 0.717) is 0 Å². The number of pyridine rings is 1. The minimum absolute atomic E-state index is 0.235. The van der Waals surface area contributed by atoms with Gasteiger partial charge in [-0.15, -0.1) is 0 Å². The molecule has 0 aliphatic carbocycles. The summed E-state index contributed by atoms with van der Waals surface area (Å²) in [4.78, 5) is 13.3. The predicted molar refractivity (Wildman–Crippen MR) is 43.9 cm³/mol. The topological polar surface area (TPSA) is 58.9 Å². The molecule has 1 rings (SSSR count). The molecule has 0 radical (unpaired) electrons. The van der Waals surface area contributed by atoms with Crippen LogP contribution in [0.15, 0.2) is 15.5 Å². The number of nitrogens with two attached hydrogens (primary N) is 1. The second-order valence-electron chi connectivity index (χ2n) is 2.00. The minimum atomic E-state index is -0.235. The summed E-state index contributed by atoms with van der Waals surface area (Å²) in [6, 6.07) is 0. The third-order valence-electron chi connectivity index (χ3n) is 1.34. The molecule has 4 heteroatoms. The Kier molecular flexibility index (Phi) is 1.80. The van der Waals surface area contributed by atoms with Crippen molar-refractivity contribution in [2.75, 3.05) is 5.73 Å². The summed E-state index contributed by atoms with van der Waals surface area (Å²) in [6.07, 6.45) is 1.58. The van der Waals surface area contributed by atoms with E-state index in [4.69, 9.17) is 5.73 Å². The quantitative estimate of drug-likeness (QED) is 0.661. The van der Waals surface area contributed by atoms with Gasteiger partial charge in [-0.2, -0.15) is 0 Å². The normalized spacial score (nSPS) is 9.80. The van der Waals surface area contributed by atoms with Crippen LogP contribution in [0.5, 0.6) is 0 Å². The Balaban J connectivity index is 3.49. The first-order chi connectivity index (χ1) is 4.63. The molecule has 0 fully saturated rings. The van der Waals surface area contributed by atoms with Crippen molar-refractivity contribution in [3.63, 3.8) is 0 Å². The van der Waals surface area contributed by atoms with Gasteiger partial charge in [-0.05, 0) is 28.4 Å². The Morgan fingerprint density at radius 3 is 2.80 bits per heavy atom. The highest BCUT2D eigenvalue weighted by Crippen LogP contribution is 2.15. The second kappa shape index (κ2) is 2.46. The van der Waals surface area contributed by atoms with E-state index >= 15 is 0 Å². The van der Waals surface area contributed by atoms with E-state index in [1.807, 2.05) is 0 Å². The van der Waals surface area contributed by atoms with Gasteiger partial charge in [-0.25, -0.2) is 0 Å². The van der Waals surface area contributed by atoms with Crippen molar-refractivity contribution in [3.05, 3.63) is 26.6 Å². The molecular weight excluding hydrogens is 196 g/mol. The number of hydrogen-bond acceptors (Lipinski definition) is 2. The van der Waals surface area contributed by atoms with Gasteiger partial charge in [0.1, 0.15) is 5.69 Å². The van der Waals surface area contributed by atoms with E-state index in [9.17, 15) is 4.79 Å². The number of anilines is 1. The van der Waals surface area contributed by atoms with Crippen LogP contribution in [0.1, 0.15) is 5.56 Å². The fourth-order valence-electron chi connectivity index (χ4n) is 0.614. The summed E-state index contributed by atoms with van der Waals surface area (Å²) in [5.74, 6) is 0. The molecule has 0 saturated heterocycles. The van der Waals surface area contributed by atoms with Gasteiger partial charge in [-0.3, -0.25) is 4.79 Å². The lowest BCUT2D eigenvalue weighted by Gasteiger charge is -1.98. The van der Waals surface area contributed by atoms with Crippen molar-refractivity contribution < 1.29 is 0 Å². The average Bonchev–Trinajstić information content (AvgIpc) is 1.93. The first kappa shape index (κ1) is 7.34. The van der Waals surface area contributed by atoms with Gasteiger partial charge in [0.15, 0.2) is 0 Å². The first-order valence-corrected chi connectivity index (χ1v) is 3.55. The van der Waals surface area contributed by atoms with E-state index in [1.165, 1.54) is 0 Å². The summed E-state index contributed by atoms with van der Waals surface area (Å²) >= 11 is 3.23. The van der Waals surface area contributed by atoms with Crippen molar-refractivity contribution in [1.82, 2.24) is 4.98 Å². The second-order valence-corrected chi connectivity index (χ2v) is 2.86. The molecule has 3 N–H and O–H groups in total. The van der Waals surface area contributed by atoms with Gasteiger partial charge in [0, 0.05) is 10.7 Å². The van der Waals surface area contributed by atoms with Crippen LogP contribution >= 0.6 is 15.9 Å². The van der Waals surface area contributed by atoms with Crippen LogP contribution in [0.4, 0.5) is 5.69 Å². The molecule has 0 atom stereocenters. The van der Waals surface area contributed by atoms with Gasteiger partial charge < -0.3 is 10.7 Å².